The van der Waals surface area contributed by atoms with Crippen molar-refractivity contribution >= 4 is 16.7 Å². The molecule has 0 atom stereocenters. The van der Waals surface area contributed by atoms with Crippen molar-refractivity contribution in [2.24, 2.45) is 0 Å². The number of aromatic nitrogens is 4. The van der Waals surface area contributed by atoms with Crippen LogP contribution in [0.5, 0.6) is 0 Å². The number of hydrogen-bond donors (Lipinski definition) is 0. The third-order valence-corrected chi connectivity index (χ3v) is 5.27. The second-order valence-corrected chi connectivity index (χ2v) is 6.88. The second kappa shape index (κ2) is 5.96. The summed E-state index contributed by atoms with van der Waals surface area (Å²) in [6.45, 7) is 0. The highest BCUT2D eigenvalue weighted by Crippen LogP contribution is 2.35. The monoisotopic (exact) mass is 328 g/mol. The lowest BCUT2D eigenvalue weighted by atomic mass is 9.86. The number of hydrogen-bond acceptors (Lipinski definition) is 3. The van der Waals surface area contributed by atoms with Crippen LogP contribution in [0.2, 0.25) is 0 Å². The minimum absolute atomic E-state index is 0.552. The molecule has 4 heteroatoms. The van der Waals surface area contributed by atoms with Crippen LogP contribution in [0.25, 0.3) is 27.9 Å². The van der Waals surface area contributed by atoms with Crippen molar-refractivity contribution in [1.29, 1.82) is 0 Å². The highest BCUT2D eigenvalue weighted by atomic mass is 15.3. The largest absolute Gasteiger partial charge is 0.235 e. The van der Waals surface area contributed by atoms with Crippen molar-refractivity contribution in [3.8, 4) is 11.3 Å². The molecule has 0 amide bonds. The minimum atomic E-state index is 0.552. The third kappa shape index (κ3) is 2.49. The van der Waals surface area contributed by atoms with Crippen LogP contribution in [0.4, 0.5) is 0 Å². The zero-order valence-corrected chi connectivity index (χ0v) is 14.1. The maximum absolute atomic E-state index is 4.95. The first-order chi connectivity index (χ1) is 12.4. The molecule has 0 unspecified atom stereocenters. The average molecular weight is 328 g/mol. The van der Waals surface area contributed by atoms with E-state index < -0.39 is 0 Å². The van der Waals surface area contributed by atoms with E-state index in [-0.39, 0.29) is 0 Å². The zero-order chi connectivity index (χ0) is 16.6. The van der Waals surface area contributed by atoms with Gasteiger partial charge in [-0.05, 0) is 31.0 Å². The molecule has 3 aromatic heterocycles. The summed E-state index contributed by atoms with van der Waals surface area (Å²) in [6.07, 6.45) is 8.21. The van der Waals surface area contributed by atoms with Gasteiger partial charge in [0.05, 0.1) is 11.1 Å². The Kier molecular flexibility index (Phi) is 3.47. The molecular formula is C21H20N4. The van der Waals surface area contributed by atoms with Crippen molar-refractivity contribution in [3.63, 3.8) is 0 Å². The lowest BCUT2D eigenvalue weighted by Gasteiger charge is -2.22. The number of benzene rings is 1. The zero-order valence-electron chi connectivity index (χ0n) is 14.1. The summed E-state index contributed by atoms with van der Waals surface area (Å²) < 4.78 is 2.04. The predicted molar refractivity (Wildman–Crippen MR) is 99.6 cm³/mol. The van der Waals surface area contributed by atoms with Crippen LogP contribution in [-0.2, 0) is 0 Å². The van der Waals surface area contributed by atoms with Crippen molar-refractivity contribution < 1.29 is 0 Å². The molecule has 0 saturated heterocycles. The standard InChI is InChI=1S/C21H20N4/c1-3-8-15(9-4-1)18-14-19(16-10-5-2-6-11-16)25-21(23-18)17-12-7-13-22-20(17)24-25/h1,3-4,7-9,12-14,16H,2,5-6,10-11H2. The molecule has 124 valence electrons. The molecule has 0 spiro atoms. The Morgan fingerprint density at radius 2 is 1.76 bits per heavy atom. The number of nitrogens with zero attached hydrogens (tertiary/aromatic N) is 4. The highest BCUT2D eigenvalue weighted by Gasteiger charge is 2.22. The van der Waals surface area contributed by atoms with Crippen LogP contribution >= 0.6 is 0 Å². The summed E-state index contributed by atoms with van der Waals surface area (Å²) in [5.74, 6) is 0.552. The van der Waals surface area contributed by atoms with Gasteiger partial charge in [0.25, 0.3) is 0 Å². The van der Waals surface area contributed by atoms with Crippen LogP contribution in [0, 0.1) is 0 Å². The highest BCUT2D eigenvalue weighted by molar-refractivity contribution is 5.90. The van der Waals surface area contributed by atoms with E-state index in [1.807, 2.05) is 16.6 Å². The Labute approximate surface area is 146 Å². The van der Waals surface area contributed by atoms with Gasteiger partial charge in [-0.2, -0.15) is 0 Å². The van der Waals surface area contributed by atoms with Gasteiger partial charge >= 0.3 is 0 Å². The number of pyridine rings is 1. The van der Waals surface area contributed by atoms with E-state index in [1.165, 1.54) is 37.8 Å². The second-order valence-electron chi connectivity index (χ2n) is 6.88. The van der Waals surface area contributed by atoms with E-state index in [0.29, 0.717) is 5.92 Å². The molecule has 1 aromatic carbocycles. The van der Waals surface area contributed by atoms with Crippen molar-refractivity contribution in [2.45, 2.75) is 38.0 Å². The molecule has 4 nitrogen and oxygen atoms in total. The Hall–Kier alpha value is -2.75. The van der Waals surface area contributed by atoms with Crippen molar-refractivity contribution in [1.82, 2.24) is 19.6 Å². The molecule has 0 aliphatic heterocycles. The fourth-order valence-corrected chi connectivity index (χ4v) is 3.99. The molecule has 3 heterocycles. The molecule has 5 rings (SSSR count). The molecule has 0 radical (unpaired) electrons. The van der Waals surface area contributed by atoms with E-state index in [0.717, 1.165) is 27.9 Å². The van der Waals surface area contributed by atoms with Gasteiger partial charge in [0.15, 0.2) is 11.3 Å². The van der Waals surface area contributed by atoms with Gasteiger partial charge in [0.2, 0.25) is 0 Å². The predicted octanol–water partition coefficient (Wildman–Crippen LogP) is 4.99. The van der Waals surface area contributed by atoms with E-state index in [1.54, 1.807) is 6.20 Å². The number of fused-ring (bicyclic) bond motifs is 3. The molecule has 1 fully saturated rings. The molecule has 0 N–H and O–H groups in total. The molecule has 1 aliphatic carbocycles. The summed E-state index contributed by atoms with van der Waals surface area (Å²) in [5, 5.41) is 5.79. The van der Waals surface area contributed by atoms with E-state index in [4.69, 9.17) is 10.1 Å². The lowest BCUT2D eigenvalue weighted by molar-refractivity contribution is 0.431. The average Bonchev–Trinajstić information content (AvgIpc) is 3.07. The van der Waals surface area contributed by atoms with Crippen molar-refractivity contribution in [2.75, 3.05) is 0 Å². The van der Waals surface area contributed by atoms with Crippen LogP contribution in [0.15, 0.2) is 54.7 Å². The molecule has 0 bridgehead atoms. The molecular weight excluding hydrogens is 308 g/mol. The van der Waals surface area contributed by atoms with Gasteiger partial charge < -0.3 is 0 Å². The van der Waals surface area contributed by atoms with E-state index in [9.17, 15) is 0 Å². The summed E-state index contributed by atoms with van der Waals surface area (Å²) in [4.78, 5) is 9.38. The molecule has 1 saturated carbocycles. The van der Waals surface area contributed by atoms with Gasteiger partial charge in [-0.1, -0.05) is 49.6 Å². The maximum atomic E-state index is 4.95. The topological polar surface area (TPSA) is 43.1 Å². The summed E-state index contributed by atoms with van der Waals surface area (Å²) in [5.41, 5.74) is 5.16. The Bertz CT molecular complexity index is 1030. The number of rotatable bonds is 2. The van der Waals surface area contributed by atoms with Crippen LogP contribution in [0.3, 0.4) is 0 Å². The van der Waals surface area contributed by atoms with Gasteiger partial charge in [-0.3, -0.25) is 0 Å². The summed E-state index contributed by atoms with van der Waals surface area (Å²) >= 11 is 0. The first-order valence-corrected chi connectivity index (χ1v) is 9.10. The van der Waals surface area contributed by atoms with Crippen LogP contribution in [0.1, 0.15) is 43.7 Å². The van der Waals surface area contributed by atoms with Gasteiger partial charge in [0.1, 0.15) is 0 Å². The summed E-state index contributed by atoms with van der Waals surface area (Å²) in [7, 11) is 0. The van der Waals surface area contributed by atoms with Crippen LogP contribution in [-0.4, -0.2) is 19.6 Å². The van der Waals surface area contributed by atoms with E-state index in [2.05, 4.69) is 41.4 Å². The smallest absolute Gasteiger partial charge is 0.183 e. The molecule has 4 aromatic rings. The molecule has 25 heavy (non-hydrogen) atoms. The SMILES string of the molecule is c1ccc(-c2cc(C3CCCCC3)n3nc4ncccc4c3n2)cc1. The summed E-state index contributed by atoms with van der Waals surface area (Å²) in [6, 6.07) is 16.7. The maximum Gasteiger partial charge on any atom is 0.183 e. The van der Waals surface area contributed by atoms with Crippen molar-refractivity contribution in [3.05, 3.63) is 60.4 Å². The van der Waals surface area contributed by atoms with Gasteiger partial charge in [-0.15, -0.1) is 5.10 Å². The fourth-order valence-electron chi connectivity index (χ4n) is 3.99. The van der Waals surface area contributed by atoms with Crippen LogP contribution < -0.4 is 0 Å². The van der Waals surface area contributed by atoms with Gasteiger partial charge in [0, 0.05) is 23.4 Å². The minimum Gasteiger partial charge on any atom is -0.235 e. The Balaban J connectivity index is 1.80. The Morgan fingerprint density at radius 3 is 2.60 bits per heavy atom. The van der Waals surface area contributed by atoms with E-state index >= 15 is 0 Å². The quantitative estimate of drug-likeness (QED) is 0.520. The first-order valence-electron chi connectivity index (χ1n) is 9.10. The lowest BCUT2D eigenvalue weighted by Crippen LogP contribution is -2.11. The van der Waals surface area contributed by atoms with Gasteiger partial charge in [-0.25, -0.2) is 14.5 Å². The third-order valence-electron chi connectivity index (χ3n) is 5.27. The Morgan fingerprint density at radius 1 is 0.920 bits per heavy atom. The first kappa shape index (κ1) is 14.6. The normalized spacial score (nSPS) is 15.8. The molecule has 1 aliphatic rings. The fraction of sp³-hybridized carbons (Fsp3) is 0.286.